The lowest BCUT2D eigenvalue weighted by Gasteiger charge is -2.35. The van der Waals surface area contributed by atoms with Crippen LogP contribution >= 0.6 is 0 Å². The largest absolute Gasteiger partial charge is 0.393 e. The van der Waals surface area contributed by atoms with E-state index in [9.17, 15) is 9.90 Å². The predicted molar refractivity (Wildman–Crippen MR) is 85.1 cm³/mol. The summed E-state index contributed by atoms with van der Waals surface area (Å²) in [5, 5.41) is 9.91. The Morgan fingerprint density at radius 2 is 1.81 bits per heavy atom. The van der Waals surface area contributed by atoms with E-state index in [0.29, 0.717) is 18.5 Å². The molecule has 2 aliphatic carbocycles. The fourth-order valence-electron chi connectivity index (χ4n) is 4.05. The van der Waals surface area contributed by atoms with Crippen molar-refractivity contribution in [3.63, 3.8) is 0 Å². The summed E-state index contributed by atoms with van der Waals surface area (Å²) in [6, 6.07) is 0.460. The fraction of sp³-hybridized carbons (Fsp3) is 0.941. The Kier molecular flexibility index (Phi) is 6.49. The van der Waals surface area contributed by atoms with E-state index in [-0.39, 0.29) is 12.0 Å². The Labute approximate surface area is 129 Å². The van der Waals surface area contributed by atoms with E-state index >= 15 is 0 Å². The lowest BCUT2D eigenvalue weighted by atomic mass is 9.94. The second-order valence-corrected chi connectivity index (χ2v) is 6.93. The monoisotopic (exact) mass is 296 g/mol. The first-order chi connectivity index (χ1) is 10.1. The number of hydrogen-bond donors (Lipinski definition) is 1. The molecule has 0 aromatic rings. The summed E-state index contributed by atoms with van der Waals surface area (Å²) in [4.78, 5) is 16.7. The van der Waals surface area contributed by atoms with E-state index in [1.807, 2.05) is 7.05 Å². The fourth-order valence-corrected chi connectivity index (χ4v) is 4.05. The topological polar surface area (TPSA) is 43.8 Å². The van der Waals surface area contributed by atoms with Crippen LogP contribution in [0.2, 0.25) is 0 Å². The Bertz CT molecular complexity index is 329. The Balaban J connectivity index is 1.80. The first kappa shape index (κ1) is 16.8. The normalized spacial score (nSPS) is 27.2. The molecule has 21 heavy (non-hydrogen) atoms. The molecule has 4 nitrogen and oxygen atoms in total. The molecule has 2 rings (SSSR count). The quantitative estimate of drug-likeness (QED) is 0.817. The van der Waals surface area contributed by atoms with E-state index < -0.39 is 0 Å². The molecule has 2 unspecified atom stereocenters. The van der Waals surface area contributed by atoms with E-state index in [0.717, 1.165) is 32.4 Å². The zero-order valence-electron chi connectivity index (χ0n) is 13.8. The molecular formula is C17H32N2O2. The first-order valence-electron chi connectivity index (χ1n) is 8.78. The Morgan fingerprint density at radius 1 is 1.10 bits per heavy atom. The number of aliphatic hydroxyl groups is 1. The van der Waals surface area contributed by atoms with Crippen LogP contribution in [0.5, 0.6) is 0 Å². The summed E-state index contributed by atoms with van der Waals surface area (Å²) in [6.07, 6.45) is 9.17. The van der Waals surface area contributed by atoms with Gasteiger partial charge in [0, 0.05) is 19.1 Å². The predicted octanol–water partition coefficient (Wildman–Crippen LogP) is 2.26. The minimum Gasteiger partial charge on any atom is -0.393 e. The molecule has 1 N–H and O–H groups in total. The highest BCUT2D eigenvalue weighted by Gasteiger charge is 2.28. The smallest absolute Gasteiger partial charge is 0.236 e. The number of hydrogen-bond acceptors (Lipinski definition) is 3. The molecule has 2 saturated carbocycles. The van der Waals surface area contributed by atoms with Crippen molar-refractivity contribution >= 4 is 5.91 Å². The van der Waals surface area contributed by atoms with Gasteiger partial charge < -0.3 is 10.0 Å². The summed E-state index contributed by atoms with van der Waals surface area (Å²) in [5.41, 5.74) is 0. The maximum atomic E-state index is 12.6. The van der Waals surface area contributed by atoms with Gasteiger partial charge in [-0.15, -0.1) is 0 Å². The van der Waals surface area contributed by atoms with Gasteiger partial charge in [-0.25, -0.2) is 0 Å². The van der Waals surface area contributed by atoms with Crippen LogP contribution in [-0.2, 0) is 4.79 Å². The van der Waals surface area contributed by atoms with Gasteiger partial charge in [-0.3, -0.25) is 9.69 Å². The molecule has 122 valence electrons. The minimum absolute atomic E-state index is 0.164. The minimum atomic E-state index is -0.164. The van der Waals surface area contributed by atoms with Gasteiger partial charge in [0.2, 0.25) is 5.91 Å². The van der Waals surface area contributed by atoms with Gasteiger partial charge in [0.15, 0.2) is 0 Å². The van der Waals surface area contributed by atoms with Crippen molar-refractivity contribution in [2.24, 2.45) is 5.92 Å². The highest BCUT2D eigenvalue weighted by atomic mass is 16.3. The number of nitrogens with zero attached hydrogens (tertiary/aromatic N) is 2. The third kappa shape index (κ3) is 4.68. The third-order valence-corrected chi connectivity index (χ3v) is 5.25. The van der Waals surface area contributed by atoms with Crippen molar-refractivity contribution in [3.05, 3.63) is 0 Å². The lowest BCUT2D eigenvalue weighted by molar-refractivity contribution is -0.135. The summed E-state index contributed by atoms with van der Waals surface area (Å²) in [6.45, 7) is 4.25. The van der Waals surface area contributed by atoms with Gasteiger partial charge in [0.25, 0.3) is 0 Å². The molecule has 2 fully saturated rings. The van der Waals surface area contributed by atoms with Crippen LogP contribution < -0.4 is 0 Å². The van der Waals surface area contributed by atoms with Crippen molar-refractivity contribution in [3.8, 4) is 0 Å². The van der Waals surface area contributed by atoms with Crippen LogP contribution in [0.25, 0.3) is 0 Å². The highest BCUT2D eigenvalue weighted by Crippen LogP contribution is 2.26. The Morgan fingerprint density at radius 3 is 2.38 bits per heavy atom. The number of carbonyl (C=O) groups excluding carboxylic acids is 1. The van der Waals surface area contributed by atoms with Crippen molar-refractivity contribution in [1.29, 1.82) is 0 Å². The SMILES string of the molecule is CCN(C(=O)CN(C)CC1CCCC1O)C1CCCCC1. The number of aliphatic hydroxyl groups excluding tert-OH is 1. The molecule has 0 saturated heterocycles. The second-order valence-electron chi connectivity index (χ2n) is 6.93. The molecule has 0 aromatic heterocycles. The highest BCUT2D eigenvalue weighted by molar-refractivity contribution is 5.78. The molecule has 0 radical (unpaired) electrons. The molecule has 0 bridgehead atoms. The zero-order valence-corrected chi connectivity index (χ0v) is 13.8. The maximum Gasteiger partial charge on any atom is 0.236 e. The first-order valence-corrected chi connectivity index (χ1v) is 8.78. The summed E-state index contributed by atoms with van der Waals surface area (Å²) in [5.74, 6) is 0.618. The lowest BCUT2D eigenvalue weighted by Crippen LogP contribution is -2.46. The third-order valence-electron chi connectivity index (χ3n) is 5.25. The van der Waals surface area contributed by atoms with E-state index in [2.05, 4.69) is 16.7 Å². The standard InChI is InChI=1S/C17H32N2O2/c1-3-19(15-9-5-4-6-10-15)17(21)13-18(2)12-14-8-7-11-16(14)20/h14-16,20H,3-13H2,1-2H3. The average molecular weight is 296 g/mol. The number of likely N-dealkylation sites (N-methyl/N-ethyl adjacent to an activating group) is 2. The molecule has 0 spiro atoms. The molecule has 0 heterocycles. The zero-order chi connectivity index (χ0) is 15.2. The molecule has 0 aromatic carbocycles. The van der Waals surface area contributed by atoms with Crippen molar-refractivity contribution in [1.82, 2.24) is 9.80 Å². The number of carbonyl (C=O) groups is 1. The molecule has 2 aliphatic rings. The second kappa shape index (κ2) is 8.14. The van der Waals surface area contributed by atoms with Crippen LogP contribution in [0, 0.1) is 5.92 Å². The van der Waals surface area contributed by atoms with Crippen LogP contribution in [-0.4, -0.2) is 59.6 Å². The van der Waals surface area contributed by atoms with Crippen LogP contribution in [0.3, 0.4) is 0 Å². The maximum absolute atomic E-state index is 12.6. The van der Waals surface area contributed by atoms with E-state index in [4.69, 9.17) is 0 Å². The summed E-state index contributed by atoms with van der Waals surface area (Å²) in [7, 11) is 2.01. The van der Waals surface area contributed by atoms with E-state index in [1.165, 1.54) is 32.1 Å². The van der Waals surface area contributed by atoms with Crippen LogP contribution in [0.4, 0.5) is 0 Å². The number of rotatable bonds is 6. The molecular weight excluding hydrogens is 264 g/mol. The van der Waals surface area contributed by atoms with Gasteiger partial charge in [-0.1, -0.05) is 25.7 Å². The molecule has 1 amide bonds. The van der Waals surface area contributed by atoms with Crippen molar-refractivity contribution in [2.75, 3.05) is 26.7 Å². The van der Waals surface area contributed by atoms with Gasteiger partial charge in [0.1, 0.15) is 0 Å². The van der Waals surface area contributed by atoms with E-state index in [1.54, 1.807) is 0 Å². The van der Waals surface area contributed by atoms with Crippen LogP contribution in [0.15, 0.2) is 0 Å². The molecule has 4 heteroatoms. The summed E-state index contributed by atoms with van der Waals surface area (Å²) < 4.78 is 0. The molecule has 2 atom stereocenters. The Hall–Kier alpha value is -0.610. The number of amides is 1. The summed E-state index contributed by atoms with van der Waals surface area (Å²) >= 11 is 0. The molecule has 0 aliphatic heterocycles. The van der Waals surface area contributed by atoms with Crippen molar-refractivity contribution < 1.29 is 9.90 Å². The van der Waals surface area contributed by atoms with Crippen LogP contribution in [0.1, 0.15) is 58.3 Å². The van der Waals surface area contributed by atoms with Gasteiger partial charge in [-0.2, -0.15) is 0 Å². The van der Waals surface area contributed by atoms with Crippen molar-refractivity contribution in [2.45, 2.75) is 70.4 Å². The van der Waals surface area contributed by atoms with Gasteiger partial charge >= 0.3 is 0 Å². The van der Waals surface area contributed by atoms with Gasteiger partial charge in [0.05, 0.1) is 12.6 Å². The average Bonchev–Trinajstić information content (AvgIpc) is 2.86. The van der Waals surface area contributed by atoms with Gasteiger partial charge in [-0.05, 0) is 45.6 Å².